The van der Waals surface area contributed by atoms with Crippen LogP contribution in [0.4, 0.5) is 0 Å². The van der Waals surface area contributed by atoms with Crippen molar-refractivity contribution in [3.05, 3.63) is 76.8 Å². The van der Waals surface area contributed by atoms with E-state index in [0.29, 0.717) is 12.1 Å². The molecule has 2 aromatic carbocycles. The largest absolute Gasteiger partial charge is 0.468 e. The molecule has 26 heavy (non-hydrogen) atoms. The van der Waals surface area contributed by atoms with Crippen LogP contribution in [0.1, 0.15) is 5.56 Å². The molecule has 0 aliphatic heterocycles. The number of ether oxygens (including phenoxy) is 1. The van der Waals surface area contributed by atoms with Crippen molar-refractivity contribution in [1.82, 2.24) is 14.7 Å². The van der Waals surface area contributed by atoms with Gasteiger partial charge in [-0.1, -0.05) is 48.5 Å². The van der Waals surface area contributed by atoms with Crippen molar-refractivity contribution in [2.45, 2.75) is 13.2 Å². The third kappa shape index (κ3) is 4.46. The summed E-state index contributed by atoms with van der Waals surface area (Å²) >= 11 is 0. The van der Waals surface area contributed by atoms with Gasteiger partial charge in [0.1, 0.15) is 6.67 Å². The second-order valence-corrected chi connectivity index (χ2v) is 5.73. The number of carbonyl (C=O) groups excluding carboxylic acids is 1. The fraction of sp³-hybridized carbons (Fsp3) is 0.211. The zero-order chi connectivity index (χ0) is 18.4. The van der Waals surface area contributed by atoms with Gasteiger partial charge < -0.3 is 9.15 Å². The highest BCUT2D eigenvalue weighted by atomic mass is 16.5. The van der Waals surface area contributed by atoms with Crippen LogP contribution in [0, 0.1) is 0 Å². The van der Waals surface area contributed by atoms with Gasteiger partial charge in [-0.25, -0.2) is 4.79 Å². The lowest BCUT2D eigenvalue weighted by Crippen LogP contribution is -2.35. The molecule has 0 fully saturated rings. The minimum absolute atomic E-state index is 0.0331. The summed E-state index contributed by atoms with van der Waals surface area (Å²) in [6.45, 7) is 0.612. The van der Waals surface area contributed by atoms with Gasteiger partial charge in [0.25, 0.3) is 0 Å². The van der Waals surface area contributed by atoms with Crippen LogP contribution in [0.5, 0.6) is 0 Å². The Balaban J connectivity index is 1.81. The Hall–Kier alpha value is -3.19. The molecule has 0 saturated carbocycles. The van der Waals surface area contributed by atoms with E-state index in [0.717, 1.165) is 5.56 Å². The Morgan fingerprint density at radius 1 is 1.12 bits per heavy atom. The molecule has 134 valence electrons. The number of hydrogen-bond acceptors (Lipinski definition) is 6. The predicted molar refractivity (Wildman–Crippen MR) is 95.1 cm³/mol. The first-order valence-corrected chi connectivity index (χ1v) is 8.12. The number of nitrogens with zero attached hydrogens (tertiary/aromatic N) is 3. The fourth-order valence-corrected chi connectivity index (χ4v) is 2.53. The topological polar surface area (TPSA) is 77.6 Å². The van der Waals surface area contributed by atoms with E-state index in [-0.39, 0.29) is 25.1 Å². The SMILES string of the molecule is COC(=O)CN(Cc1ccccc1)Cn1nc(-c2ccccc2)oc1=O. The highest BCUT2D eigenvalue weighted by Crippen LogP contribution is 2.14. The first kappa shape index (κ1) is 17.6. The smallest absolute Gasteiger partial charge is 0.438 e. The maximum Gasteiger partial charge on any atom is 0.438 e. The maximum atomic E-state index is 12.1. The molecule has 3 rings (SSSR count). The van der Waals surface area contributed by atoms with E-state index in [1.165, 1.54) is 11.8 Å². The molecule has 7 heteroatoms. The monoisotopic (exact) mass is 353 g/mol. The Bertz CT molecular complexity index is 903. The van der Waals surface area contributed by atoms with Gasteiger partial charge in [-0.2, -0.15) is 4.68 Å². The quantitative estimate of drug-likeness (QED) is 0.606. The fourth-order valence-electron chi connectivity index (χ4n) is 2.53. The summed E-state index contributed by atoms with van der Waals surface area (Å²) in [7, 11) is 1.33. The van der Waals surface area contributed by atoms with Crippen LogP contribution >= 0.6 is 0 Å². The van der Waals surface area contributed by atoms with Crippen LogP contribution < -0.4 is 5.76 Å². The number of esters is 1. The lowest BCUT2D eigenvalue weighted by atomic mass is 10.2. The van der Waals surface area contributed by atoms with Gasteiger partial charge in [0.15, 0.2) is 0 Å². The average Bonchev–Trinajstić information content (AvgIpc) is 3.03. The number of methoxy groups -OCH3 is 1. The van der Waals surface area contributed by atoms with Crippen molar-refractivity contribution < 1.29 is 13.9 Å². The van der Waals surface area contributed by atoms with E-state index in [2.05, 4.69) is 5.10 Å². The highest BCUT2D eigenvalue weighted by Gasteiger charge is 2.16. The predicted octanol–water partition coefficient (Wildman–Crippen LogP) is 2.14. The standard InChI is InChI=1S/C19H19N3O4/c1-25-17(23)13-21(12-15-8-4-2-5-9-15)14-22-19(24)26-18(20-22)16-10-6-3-7-11-16/h2-11H,12-14H2,1H3. The van der Waals surface area contributed by atoms with E-state index >= 15 is 0 Å². The molecule has 0 radical (unpaired) electrons. The highest BCUT2D eigenvalue weighted by molar-refractivity contribution is 5.71. The Morgan fingerprint density at radius 2 is 1.77 bits per heavy atom. The number of aromatic nitrogens is 2. The van der Waals surface area contributed by atoms with Crippen molar-refractivity contribution in [2.75, 3.05) is 13.7 Å². The van der Waals surface area contributed by atoms with Gasteiger partial charge in [-0.15, -0.1) is 5.10 Å². The minimum atomic E-state index is -0.577. The number of carbonyl (C=O) groups is 1. The molecule has 0 unspecified atom stereocenters. The summed E-state index contributed by atoms with van der Waals surface area (Å²) in [5.41, 5.74) is 1.72. The number of rotatable bonds is 7. The Kier molecular flexibility index (Phi) is 5.60. The zero-order valence-corrected chi connectivity index (χ0v) is 14.4. The third-order valence-electron chi connectivity index (χ3n) is 3.79. The molecule has 0 bridgehead atoms. The summed E-state index contributed by atoms with van der Waals surface area (Å²) in [6, 6.07) is 18.8. The minimum Gasteiger partial charge on any atom is -0.468 e. The van der Waals surface area contributed by atoms with Gasteiger partial charge >= 0.3 is 11.7 Å². The van der Waals surface area contributed by atoms with Gasteiger partial charge in [0, 0.05) is 12.1 Å². The molecule has 0 N–H and O–H groups in total. The second kappa shape index (κ2) is 8.26. The normalized spacial score (nSPS) is 10.8. The molecule has 7 nitrogen and oxygen atoms in total. The molecular formula is C19H19N3O4. The molecule has 0 spiro atoms. The van der Waals surface area contributed by atoms with Crippen LogP contribution in [0.3, 0.4) is 0 Å². The van der Waals surface area contributed by atoms with Gasteiger partial charge in [-0.05, 0) is 17.7 Å². The van der Waals surface area contributed by atoms with Crippen molar-refractivity contribution in [1.29, 1.82) is 0 Å². The molecular weight excluding hydrogens is 334 g/mol. The van der Waals surface area contributed by atoms with Crippen molar-refractivity contribution in [3.8, 4) is 11.5 Å². The van der Waals surface area contributed by atoms with Crippen molar-refractivity contribution >= 4 is 5.97 Å². The van der Waals surface area contributed by atoms with Crippen LogP contribution in [0.25, 0.3) is 11.5 Å². The maximum absolute atomic E-state index is 12.1. The summed E-state index contributed by atoms with van der Waals surface area (Å²) in [5, 5.41) is 4.24. The molecule has 0 saturated heterocycles. The van der Waals surface area contributed by atoms with Gasteiger partial charge in [0.05, 0.1) is 13.7 Å². The average molecular weight is 353 g/mol. The molecule has 1 heterocycles. The van der Waals surface area contributed by atoms with E-state index < -0.39 is 5.76 Å². The first-order valence-electron chi connectivity index (χ1n) is 8.12. The van der Waals surface area contributed by atoms with E-state index in [1.54, 1.807) is 4.90 Å². The first-order chi connectivity index (χ1) is 12.7. The lowest BCUT2D eigenvalue weighted by molar-refractivity contribution is -0.142. The lowest BCUT2D eigenvalue weighted by Gasteiger charge is -2.20. The molecule has 3 aromatic rings. The van der Waals surface area contributed by atoms with Crippen molar-refractivity contribution in [2.24, 2.45) is 0 Å². The van der Waals surface area contributed by atoms with Gasteiger partial charge in [-0.3, -0.25) is 9.69 Å². The Labute approximate surface area is 150 Å². The summed E-state index contributed by atoms with van der Waals surface area (Å²) < 4.78 is 11.2. The number of hydrogen-bond donors (Lipinski definition) is 0. The Morgan fingerprint density at radius 3 is 2.42 bits per heavy atom. The van der Waals surface area contributed by atoms with Crippen molar-refractivity contribution in [3.63, 3.8) is 0 Å². The van der Waals surface area contributed by atoms with E-state index in [4.69, 9.17) is 9.15 Å². The molecule has 0 aliphatic rings. The molecule has 1 aromatic heterocycles. The summed E-state index contributed by atoms with van der Waals surface area (Å²) in [6.07, 6.45) is 0. The third-order valence-corrected chi connectivity index (χ3v) is 3.79. The van der Waals surface area contributed by atoms with Crippen LogP contribution in [0.2, 0.25) is 0 Å². The molecule has 0 aliphatic carbocycles. The van der Waals surface area contributed by atoms with E-state index in [9.17, 15) is 9.59 Å². The van der Waals surface area contributed by atoms with Crippen LogP contribution in [-0.2, 0) is 22.7 Å². The van der Waals surface area contributed by atoms with Crippen LogP contribution in [0.15, 0.2) is 69.9 Å². The van der Waals surface area contributed by atoms with E-state index in [1.807, 2.05) is 60.7 Å². The number of benzene rings is 2. The summed E-state index contributed by atoms with van der Waals surface area (Å²) in [5.74, 6) is -0.721. The van der Waals surface area contributed by atoms with Gasteiger partial charge in [0.2, 0.25) is 5.89 Å². The van der Waals surface area contributed by atoms with Crippen LogP contribution in [-0.4, -0.2) is 34.3 Å². The second-order valence-electron chi connectivity index (χ2n) is 5.73. The summed E-state index contributed by atoms with van der Waals surface area (Å²) in [4.78, 5) is 25.6. The zero-order valence-electron chi connectivity index (χ0n) is 14.4. The molecule has 0 atom stereocenters. The molecule has 0 amide bonds.